The number of aromatic nitrogens is 6. The third-order valence-corrected chi connectivity index (χ3v) is 15.3. The molecule has 3 saturated carbocycles. The summed E-state index contributed by atoms with van der Waals surface area (Å²) in [4.78, 5) is 54.3. The fourth-order valence-electron chi connectivity index (χ4n) is 11.5. The van der Waals surface area contributed by atoms with E-state index in [-0.39, 0.29) is 29.5 Å². The van der Waals surface area contributed by atoms with Gasteiger partial charge in [-0.05, 0) is 118 Å². The van der Waals surface area contributed by atoms with Crippen molar-refractivity contribution in [2.45, 2.75) is 101 Å². The maximum Gasteiger partial charge on any atom is 0.329 e. The van der Waals surface area contributed by atoms with Crippen molar-refractivity contribution < 1.29 is 14.3 Å². The van der Waals surface area contributed by atoms with Crippen molar-refractivity contribution in [2.75, 3.05) is 55.6 Å². The monoisotopic (exact) mass is 837 g/mol. The van der Waals surface area contributed by atoms with E-state index in [2.05, 4.69) is 76.6 Å². The number of imide groups is 1. The summed E-state index contributed by atoms with van der Waals surface area (Å²) in [6, 6.07) is 16.4. The Balaban J connectivity index is 0.642. The van der Waals surface area contributed by atoms with E-state index in [1.807, 2.05) is 12.1 Å². The molecule has 0 bridgehead atoms. The molecule has 322 valence electrons. The van der Waals surface area contributed by atoms with Crippen molar-refractivity contribution in [1.29, 1.82) is 5.26 Å². The summed E-state index contributed by atoms with van der Waals surface area (Å²) in [6.07, 6.45) is 13.8. The number of nitrogens with one attached hydrogen (secondary N) is 2. The first-order chi connectivity index (χ1) is 30.2. The number of rotatable bonds is 9. The highest BCUT2D eigenvalue weighted by Crippen LogP contribution is 2.68. The Morgan fingerprint density at radius 2 is 1.61 bits per heavy atom. The first-order valence-corrected chi connectivity index (χ1v) is 22.8. The SMILES string of the molecule is Cn1c(=O)n(C2CCC(=O)NC2=O)c2ccc(N3CCC(OC4CCC(CN5CCN(c6cc(-c7n[nH]c8ccc(C9(C#N)CC%10(CC%10)C9)cc78)ncn6)CC5)CC4)CC3)cc21. The van der Waals surface area contributed by atoms with Crippen LogP contribution in [0.15, 0.2) is 53.6 Å². The van der Waals surface area contributed by atoms with Crippen LogP contribution in [0.3, 0.4) is 0 Å². The molecule has 2 amide bonds. The second-order valence-corrected chi connectivity index (χ2v) is 19.2. The van der Waals surface area contributed by atoms with Gasteiger partial charge in [0.1, 0.15) is 23.9 Å². The number of ether oxygens (including phenoxy) is 1. The number of carbonyl (C=O) groups is 2. The Morgan fingerprint density at radius 1 is 0.839 bits per heavy atom. The lowest BCUT2D eigenvalue weighted by Gasteiger charge is -2.44. The fourth-order valence-corrected chi connectivity index (χ4v) is 11.5. The highest BCUT2D eigenvalue weighted by atomic mass is 16.5. The highest BCUT2D eigenvalue weighted by Gasteiger charge is 2.62. The molecular weight excluding hydrogens is 783 g/mol. The van der Waals surface area contributed by atoms with Crippen molar-refractivity contribution in [3.05, 3.63) is 64.8 Å². The minimum atomic E-state index is -0.683. The zero-order valence-electron chi connectivity index (χ0n) is 35.5. The van der Waals surface area contributed by atoms with Crippen LogP contribution >= 0.6 is 0 Å². The number of fused-ring (bicyclic) bond motifs is 2. The van der Waals surface area contributed by atoms with Crippen LogP contribution in [-0.4, -0.2) is 104 Å². The first kappa shape index (κ1) is 39.3. The van der Waals surface area contributed by atoms with Gasteiger partial charge in [0, 0.05) is 76.4 Å². The summed E-state index contributed by atoms with van der Waals surface area (Å²) < 4.78 is 9.87. The molecule has 6 fully saturated rings. The Hall–Kier alpha value is -5.59. The van der Waals surface area contributed by atoms with Gasteiger partial charge < -0.3 is 14.5 Å². The van der Waals surface area contributed by atoms with Crippen LogP contribution in [0.5, 0.6) is 0 Å². The molecule has 11 rings (SSSR count). The predicted molar refractivity (Wildman–Crippen MR) is 235 cm³/mol. The number of hydrogen-bond donors (Lipinski definition) is 2. The van der Waals surface area contributed by atoms with Crippen molar-refractivity contribution in [3.63, 3.8) is 0 Å². The molecule has 5 aromatic rings. The van der Waals surface area contributed by atoms with Gasteiger partial charge in [0.05, 0.1) is 45.9 Å². The average molecular weight is 838 g/mol. The smallest absolute Gasteiger partial charge is 0.329 e. The van der Waals surface area contributed by atoms with Crippen molar-refractivity contribution in [1.82, 2.24) is 39.5 Å². The molecule has 1 unspecified atom stereocenters. The van der Waals surface area contributed by atoms with Crippen LogP contribution in [0.4, 0.5) is 11.5 Å². The molecule has 62 heavy (non-hydrogen) atoms. The third-order valence-electron chi connectivity index (χ3n) is 15.3. The van der Waals surface area contributed by atoms with Gasteiger partial charge in [-0.3, -0.25) is 34.0 Å². The highest BCUT2D eigenvalue weighted by molar-refractivity contribution is 6.00. The summed E-state index contributed by atoms with van der Waals surface area (Å²) >= 11 is 0. The summed E-state index contributed by atoms with van der Waals surface area (Å²) in [6.45, 7) is 6.78. The van der Waals surface area contributed by atoms with E-state index in [1.165, 1.54) is 30.3 Å². The number of aromatic amines is 1. The van der Waals surface area contributed by atoms with Gasteiger partial charge in [-0.2, -0.15) is 10.4 Å². The number of piperazine rings is 1. The van der Waals surface area contributed by atoms with Crippen LogP contribution in [-0.2, 0) is 26.8 Å². The van der Waals surface area contributed by atoms with Gasteiger partial charge in [-0.25, -0.2) is 14.8 Å². The Labute approximate surface area is 360 Å². The largest absolute Gasteiger partial charge is 0.375 e. The van der Waals surface area contributed by atoms with Crippen LogP contribution in [0.1, 0.15) is 88.7 Å². The number of hydrogen-bond acceptors (Lipinski definition) is 11. The molecule has 2 aromatic carbocycles. The topological polar surface area (TPSA) is 170 Å². The zero-order valence-corrected chi connectivity index (χ0v) is 35.5. The molecule has 2 N–H and O–H groups in total. The molecule has 1 atom stereocenters. The van der Waals surface area contributed by atoms with E-state index in [0.29, 0.717) is 29.4 Å². The lowest BCUT2D eigenvalue weighted by Crippen LogP contribution is -2.48. The molecule has 0 radical (unpaired) electrons. The Morgan fingerprint density at radius 3 is 2.35 bits per heavy atom. The summed E-state index contributed by atoms with van der Waals surface area (Å²) in [5.74, 6) is 0.919. The minimum Gasteiger partial charge on any atom is -0.375 e. The molecule has 6 heterocycles. The maximum atomic E-state index is 13.3. The maximum absolute atomic E-state index is 13.3. The number of piperidine rings is 2. The molecule has 15 nitrogen and oxygen atoms in total. The summed E-state index contributed by atoms with van der Waals surface area (Å²) in [5, 5.41) is 21.5. The van der Waals surface area contributed by atoms with Gasteiger partial charge in [0.15, 0.2) is 0 Å². The number of anilines is 2. The number of benzene rings is 2. The van der Waals surface area contributed by atoms with Crippen LogP contribution in [0.25, 0.3) is 33.3 Å². The number of H-pyrrole nitrogens is 1. The first-order valence-electron chi connectivity index (χ1n) is 22.8. The van der Waals surface area contributed by atoms with Crippen LogP contribution < -0.4 is 20.8 Å². The average Bonchev–Trinajstić information content (AvgIpc) is 3.90. The number of imidazole rings is 1. The van der Waals surface area contributed by atoms with Gasteiger partial charge >= 0.3 is 5.69 Å². The number of carbonyl (C=O) groups excluding carboxylic acids is 2. The van der Waals surface area contributed by atoms with E-state index in [9.17, 15) is 19.6 Å². The normalized spacial score (nSPS) is 25.3. The second kappa shape index (κ2) is 15.3. The molecule has 3 aliphatic carbocycles. The summed E-state index contributed by atoms with van der Waals surface area (Å²) in [7, 11) is 1.74. The van der Waals surface area contributed by atoms with Crippen molar-refractivity contribution in [2.24, 2.45) is 18.4 Å². The van der Waals surface area contributed by atoms with Gasteiger partial charge in [0.2, 0.25) is 11.8 Å². The van der Waals surface area contributed by atoms with Crippen molar-refractivity contribution in [3.8, 4) is 17.5 Å². The third kappa shape index (κ3) is 7.05. The van der Waals surface area contributed by atoms with E-state index in [4.69, 9.17) is 4.74 Å². The van der Waals surface area contributed by atoms with Gasteiger partial charge in [-0.15, -0.1) is 0 Å². The predicted octanol–water partition coefficient (Wildman–Crippen LogP) is 5.35. The molecule has 3 aromatic heterocycles. The molecule has 15 heteroatoms. The van der Waals surface area contributed by atoms with Gasteiger partial charge in [-0.1, -0.05) is 6.07 Å². The number of nitrogens with zero attached hydrogens (tertiary/aromatic N) is 9. The lowest BCUT2D eigenvalue weighted by atomic mass is 9.57. The van der Waals surface area contributed by atoms with E-state index in [1.54, 1.807) is 17.9 Å². The van der Waals surface area contributed by atoms with Gasteiger partial charge in [0.25, 0.3) is 0 Å². The molecule has 3 saturated heterocycles. The standard InChI is InChI=1S/C47H55N11O4/c1-54-40-23-32(5-9-38(40)58(45(54)61)39-10-11-42(59)51-44(39)60)56-16-12-34(13-17-56)62-33-6-2-30(3-7-33)25-55-18-20-57(21-19-55)41-24-37(49-29-50-41)43-35-22-31(4-8-36(35)52-53-43)47(28-48)26-46(27-47)14-15-46/h4-5,8-9,22-24,29-30,33-34,39H,2-3,6-7,10-21,25-27H2,1H3,(H,52,53)(H,51,59,60). The fraction of sp³-hybridized carbons (Fsp3) is 0.553. The Bertz CT molecular complexity index is 2640. The number of aryl methyl sites for hydroxylation is 1. The Kier molecular flexibility index (Phi) is 9.72. The van der Waals surface area contributed by atoms with E-state index in [0.717, 1.165) is 129 Å². The number of nitriles is 1. The molecular formula is C47H55N11O4. The zero-order chi connectivity index (χ0) is 42.2. The van der Waals surface area contributed by atoms with Crippen molar-refractivity contribution >= 4 is 45.3 Å². The molecule has 6 aliphatic rings. The molecule has 1 spiro atoms. The number of amides is 2. The minimum absolute atomic E-state index is 0.225. The van der Waals surface area contributed by atoms with Crippen LogP contribution in [0, 0.1) is 22.7 Å². The summed E-state index contributed by atoms with van der Waals surface area (Å²) in [5.41, 5.74) is 6.04. The van der Waals surface area contributed by atoms with Crippen LogP contribution in [0.2, 0.25) is 0 Å². The van der Waals surface area contributed by atoms with E-state index >= 15 is 0 Å². The quantitative estimate of drug-likeness (QED) is 0.184. The second-order valence-electron chi connectivity index (χ2n) is 19.2. The lowest BCUT2D eigenvalue weighted by molar-refractivity contribution is -0.135. The molecule has 3 aliphatic heterocycles. The van der Waals surface area contributed by atoms with E-state index < -0.39 is 11.9 Å².